The zero-order valence-electron chi connectivity index (χ0n) is 18.1. The Morgan fingerprint density at radius 1 is 1.00 bits per heavy atom. The van der Waals surface area contributed by atoms with Gasteiger partial charge < -0.3 is 24.4 Å². The standard InChI is InChI=1S/C24H26O7/c1-11-5-6-17(25)15(11)9-29-10-16-19(27)7-12(2)20-23(16)30-21-13(3)8-18(26)14(4)22(21)31-24(20)28/h7-8,11,15,26-27H,5-6,9-10H2,1-4H3/t11-,15+/m1/s1. The lowest BCUT2D eigenvalue weighted by Gasteiger charge is -2.18. The van der Waals surface area contributed by atoms with Gasteiger partial charge in [0, 0.05) is 17.9 Å². The summed E-state index contributed by atoms with van der Waals surface area (Å²) in [5, 5.41) is 20.8. The molecule has 2 aliphatic rings. The number of phenols is 2. The number of ketones is 1. The largest absolute Gasteiger partial charge is 0.508 e. The third-order valence-electron chi connectivity index (χ3n) is 6.29. The highest BCUT2D eigenvalue weighted by atomic mass is 16.6. The van der Waals surface area contributed by atoms with Crippen molar-refractivity contribution in [2.24, 2.45) is 11.8 Å². The van der Waals surface area contributed by atoms with E-state index in [1.807, 2.05) is 6.92 Å². The minimum absolute atomic E-state index is 0.00270. The normalized spacial score (nSPS) is 20.0. The molecule has 4 rings (SSSR count). The first-order chi connectivity index (χ1) is 14.7. The van der Waals surface area contributed by atoms with Crippen LogP contribution in [0.1, 0.15) is 52.4 Å². The number of hydrogen-bond acceptors (Lipinski definition) is 7. The molecule has 2 aromatic rings. The predicted molar refractivity (Wildman–Crippen MR) is 112 cm³/mol. The number of carbonyl (C=O) groups excluding carboxylic acids is 2. The predicted octanol–water partition coefficient (Wildman–Crippen LogP) is 4.48. The average molecular weight is 426 g/mol. The van der Waals surface area contributed by atoms with Gasteiger partial charge in [-0.05, 0) is 56.4 Å². The van der Waals surface area contributed by atoms with Gasteiger partial charge in [-0.15, -0.1) is 0 Å². The molecular formula is C24H26O7. The number of Topliss-reactive ketones (excluding diaryl/α,β-unsaturated/α-hetero) is 1. The van der Waals surface area contributed by atoms with E-state index in [2.05, 4.69) is 0 Å². The molecule has 1 fully saturated rings. The number of aryl methyl sites for hydroxylation is 2. The van der Waals surface area contributed by atoms with Gasteiger partial charge in [0.1, 0.15) is 22.8 Å². The van der Waals surface area contributed by atoms with Gasteiger partial charge in [0.25, 0.3) is 0 Å². The molecule has 0 aromatic heterocycles. The number of phenolic OH excluding ortho intramolecular Hbond substituents is 2. The smallest absolute Gasteiger partial charge is 0.347 e. The molecule has 0 spiro atoms. The van der Waals surface area contributed by atoms with Crippen LogP contribution >= 0.6 is 0 Å². The maximum absolute atomic E-state index is 12.9. The van der Waals surface area contributed by atoms with Gasteiger partial charge in [-0.25, -0.2) is 4.79 Å². The molecule has 1 heterocycles. The molecular weight excluding hydrogens is 400 g/mol. The van der Waals surface area contributed by atoms with Crippen LogP contribution in [0.25, 0.3) is 0 Å². The molecule has 7 heteroatoms. The van der Waals surface area contributed by atoms with Gasteiger partial charge in [-0.3, -0.25) is 4.79 Å². The van der Waals surface area contributed by atoms with Crippen molar-refractivity contribution >= 4 is 11.8 Å². The average Bonchev–Trinajstić information content (AvgIpc) is 2.92. The van der Waals surface area contributed by atoms with Gasteiger partial charge >= 0.3 is 5.97 Å². The molecule has 0 saturated heterocycles. The molecule has 1 aliphatic carbocycles. The third kappa shape index (κ3) is 3.63. The Hall–Kier alpha value is -3.06. The van der Waals surface area contributed by atoms with Crippen LogP contribution in [0.3, 0.4) is 0 Å². The van der Waals surface area contributed by atoms with Crippen molar-refractivity contribution in [3.63, 3.8) is 0 Å². The van der Waals surface area contributed by atoms with Crippen LogP contribution in [-0.4, -0.2) is 28.6 Å². The first-order valence-electron chi connectivity index (χ1n) is 10.4. The molecule has 1 aliphatic heterocycles. The van der Waals surface area contributed by atoms with Gasteiger partial charge in [0.15, 0.2) is 17.2 Å². The molecule has 2 aromatic carbocycles. The van der Waals surface area contributed by atoms with Gasteiger partial charge in [0.2, 0.25) is 0 Å². The van der Waals surface area contributed by atoms with Crippen LogP contribution in [0, 0.1) is 32.6 Å². The maximum atomic E-state index is 12.9. The second-order valence-corrected chi connectivity index (χ2v) is 8.49. The van der Waals surface area contributed by atoms with Crippen molar-refractivity contribution in [2.45, 2.75) is 47.1 Å². The Kier molecular flexibility index (Phi) is 5.39. The van der Waals surface area contributed by atoms with E-state index in [0.29, 0.717) is 34.4 Å². The quantitative estimate of drug-likeness (QED) is 0.549. The minimum Gasteiger partial charge on any atom is -0.508 e. The zero-order valence-corrected chi connectivity index (χ0v) is 18.1. The Balaban J connectivity index is 1.72. The summed E-state index contributed by atoms with van der Waals surface area (Å²) in [5.74, 6) is 0.199. The molecule has 0 unspecified atom stereocenters. The van der Waals surface area contributed by atoms with Crippen molar-refractivity contribution in [3.05, 3.63) is 39.9 Å². The van der Waals surface area contributed by atoms with Gasteiger partial charge in [-0.2, -0.15) is 0 Å². The van der Waals surface area contributed by atoms with Crippen LogP contribution < -0.4 is 9.47 Å². The lowest BCUT2D eigenvalue weighted by atomic mass is 9.98. The van der Waals surface area contributed by atoms with E-state index in [1.54, 1.807) is 20.8 Å². The molecule has 7 nitrogen and oxygen atoms in total. The highest BCUT2D eigenvalue weighted by molar-refractivity contribution is 5.98. The summed E-state index contributed by atoms with van der Waals surface area (Å²) in [6.07, 6.45) is 1.42. The van der Waals surface area contributed by atoms with Gasteiger partial charge in [0.05, 0.1) is 18.8 Å². The van der Waals surface area contributed by atoms with E-state index in [-0.39, 0.29) is 59.4 Å². The third-order valence-corrected chi connectivity index (χ3v) is 6.29. The summed E-state index contributed by atoms with van der Waals surface area (Å²) in [7, 11) is 0. The Bertz CT molecular complexity index is 1090. The van der Waals surface area contributed by atoms with Gasteiger partial charge in [-0.1, -0.05) is 6.92 Å². The summed E-state index contributed by atoms with van der Waals surface area (Å²) in [6.45, 7) is 7.30. The number of carbonyl (C=O) groups is 2. The lowest BCUT2D eigenvalue weighted by molar-refractivity contribution is -0.123. The summed E-state index contributed by atoms with van der Waals surface area (Å²) in [5.41, 5.74) is 1.96. The van der Waals surface area contributed by atoms with E-state index >= 15 is 0 Å². The fourth-order valence-corrected chi connectivity index (χ4v) is 4.28. The number of ether oxygens (including phenoxy) is 3. The second-order valence-electron chi connectivity index (χ2n) is 8.49. The van der Waals surface area contributed by atoms with E-state index < -0.39 is 5.97 Å². The Labute approximate surface area is 180 Å². The van der Waals surface area contributed by atoms with E-state index in [1.165, 1.54) is 12.1 Å². The highest BCUT2D eigenvalue weighted by Crippen LogP contribution is 2.48. The maximum Gasteiger partial charge on any atom is 0.347 e. The number of fused-ring (bicyclic) bond motifs is 2. The number of rotatable bonds is 4. The minimum atomic E-state index is -0.639. The number of esters is 1. The van der Waals surface area contributed by atoms with E-state index in [4.69, 9.17) is 14.2 Å². The van der Waals surface area contributed by atoms with E-state index in [9.17, 15) is 19.8 Å². The van der Waals surface area contributed by atoms with Crippen LogP contribution in [0.5, 0.6) is 28.7 Å². The molecule has 0 radical (unpaired) electrons. The summed E-state index contributed by atoms with van der Waals surface area (Å²) in [6, 6.07) is 3.00. The monoisotopic (exact) mass is 426 g/mol. The first-order valence-corrected chi connectivity index (χ1v) is 10.4. The van der Waals surface area contributed by atoms with Crippen molar-refractivity contribution in [1.29, 1.82) is 0 Å². The van der Waals surface area contributed by atoms with Crippen LogP contribution in [-0.2, 0) is 16.1 Å². The SMILES string of the molecule is Cc1cc(O)c(C)c2c1Oc1c(COC[C@@H]3C(=O)CC[C@H]3C)c(O)cc(C)c1C(=O)O2. The van der Waals surface area contributed by atoms with Crippen molar-refractivity contribution in [2.75, 3.05) is 6.61 Å². The van der Waals surface area contributed by atoms with Crippen molar-refractivity contribution in [3.8, 4) is 28.7 Å². The van der Waals surface area contributed by atoms with Crippen LogP contribution in [0.2, 0.25) is 0 Å². The molecule has 164 valence electrons. The van der Waals surface area contributed by atoms with Crippen molar-refractivity contribution in [1.82, 2.24) is 0 Å². The summed E-state index contributed by atoms with van der Waals surface area (Å²) in [4.78, 5) is 25.0. The second kappa shape index (κ2) is 7.89. The number of benzene rings is 2. The molecule has 2 atom stereocenters. The van der Waals surface area contributed by atoms with E-state index in [0.717, 1.165) is 6.42 Å². The van der Waals surface area contributed by atoms with Crippen molar-refractivity contribution < 1.29 is 34.0 Å². The zero-order chi connectivity index (χ0) is 22.4. The Morgan fingerprint density at radius 3 is 2.39 bits per heavy atom. The Morgan fingerprint density at radius 2 is 1.71 bits per heavy atom. The van der Waals surface area contributed by atoms with Crippen LogP contribution in [0.4, 0.5) is 0 Å². The molecule has 0 amide bonds. The fraction of sp³-hybridized carbons (Fsp3) is 0.417. The molecule has 2 N–H and O–H groups in total. The summed E-state index contributed by atoms with van der Waals surface area (Å²) >= 11 is 0. The molecule has 1 saturated carbocycles. The topological polar surface area (TPSA) is 102 Å². The molecule has 0 bridgehead atoms. The summed E-state index contributed by atoms with van der Waals surface area (Å²) < 4.78 is 17.5. The first kappa shape index (κ1) is 21.2. The number of aromatic hydroxyl groups is 2. The highest BCUT2D eigenvalue weighted by Gasteiger charge is 2.34. The number of hydrogen-bond donors (Lipinski definition) is 2. The molecule has 31 heavy (non-hydrogen) atoms. The fourth-order valence-electron chi connectivity index (χ4n) is 4.28. The lowest BCUT2D eigenvalue weighted by Crippen LogP contribution is -2.19. The van der Waals surface area contributed by atoms with Crippen LogP contribution in [0.15, 0.2) is 12.1 Å².